The lowest BCUT2D eigenvalue weighted by atomic mass is 9.95. The van der Waals surface area contributed by atoms with Crippen LogP contribution in [0.25, 0.3) is 0 Å². The van der Waals surface area contributed by atoms with Crippen LogP contribution in [-0.4, -0.2) is 64.3 Å². The number of likely N-dealkylation sites (N-methyl/N-ethyl adjacent to an activating group) is 1. The number of benzene rings is 1. The number of rotatable bonds is 10. The minimum Gasteiger partial charge on any atom is -0.383 e. The van der Waals surface area contributed by atoms with Gasteiger partial charge in [0.15, 0.2) is 5.96 Å². The van der Waals surface area contributed by atoms with E-state index in [1.165, 1.54) is 0 Å². The van der Waals surface area contributed by atoms with Crippen molar-refractivity contribution in [3.63, 3.8) is 0 Å². The highest BCUT2D eigenvalue weighted by molar-refractivity contribution is 5.79. The SMILES string of the molecule is CCNC(=NCC1(c2ccccc2F)CC1)NCCN(C)CCOC. The maximum Gasteiger partial charge on any atom is 0.191 e. The summed E-state index contributed by atoms with van der Waals surface area (Å²) < 4.78 is 19.2. The predicted octanol–water partition coefficient (Wildman–Crippen LogP) is 1.99. The fourth-order valence-electron chi connectivity index (χ4n) is 2.85. The van der Waals surface area contributed by atoms with E-state index in [4.69, 9.17) is 9.73 Å². The van der Waals surface area contributed by atoms with Crippen LogP contribution in [0.1, 0.15) is 25.3 Å². The topological polar surface area (TPSA) is 48.9 Å². The monoisotopic (exact) mass is 350 g/mol. The molecule has 0 amide bonds. The summed E-state index contributed by atoms with van der Waals surface area (Å²) in [5, 5.41) is 6.62. The first-order chi connectivity index (χ1) is 12.1. The van der Waals surface area contributed by atoms with Gasteiger partial charge >= 0.3 is 0 Å². The third kappa shape index (κ3) is 5.97. The zero-order chi connectivity index (χ0) is 18.1. The molecule has 0 saturated heterocycles. The predicted molar refractivity (Wildman–Crippen MR) is 101 cm³/mol. The first-order valence-corrected chi connectivity index (χ1v) is 9.06. The lowest BCUT2D eigenvalue weighted by molar-refractivity contribution is 0.162. The third-order valence-electron chi connectivity index (χ3n) is 4.65. The molecule has 0 spiro atoms. The Morgan fingerprint density at radius 2 is 2.04 bits per heavy atom. The van der Waals surface area contributed by atoms with Crippen molar-refractivity contribution in [1.82, 2.24) is 15.5 Å². The minimum absolute atomic E-state index is 0.118. The summed E-state index contributed by atoms with van der Waals surface area (Å²) in [6.07, 6.45) is 1.99. The van der Waals surface area contributed by atoms with E-state index in [2.05, 4.69) is 22.6 Å². The van der Waals surface area contributed by atoms with Crippen LogP contribution in [0, 0.1) is 5.82 Å². The Balaban J connectivity index is 1.88. The average molecular weight is 350 g/mol. The van der Waals surface area contributed by atoms with Crippen molar-refractivity contribution >= 4 is 5.96 Å². The number of nitrogens with zero attached hydrogens (tertiary/aromatic N) is 2. The van der Waals surface area contributed by atoms with Gasteiger partial charge in [0.2, 0.25) is 0 Å². The quantitative estimate of drug-likeness (QED) is 0.500. The van der Waals surface area contributed by atoms with E-state index in [-0.39, 0.29) is 11.2 Å². The van der Waals surface area contributed by atoms with E-state index >= 15 is 0 Å². The Labute approximate surface area is 150 Å². The molecule has 0 bridgehead atoms. The molecule has 0 atom stereocenters. The van der Waals surface area contributed by atoms with Crippen molar-refractivity contribution in [2.24, 2.45) is 4.99 Å². The molecule has 140 valence electrons. The van der Waals surface area contributed by atoms with Crippen molar-refractivity contribution in [2.75, 3.05) is 53.5 Å². The molecule has 1 aliphatic rings. The molecule has 1 saturated carbocycles. The third-order valence-corrected chi connectivity index (χ3v) is 4.65. The van der Waals surface area contributed by atoms with Gasteiger partial charge < -0.3 is 20.3 Å². The summed E-state index contributed by atoms with van der Waals surface area (Å²) in [5.41, 5.74) is 0.678. The summed E-state index contributed by atoms with van der Waals surface area (Å²) in [6, 6.07) is 7.08. The zero-order valence-corrected chi connectivity index (χ0v) is 15.6. The molecule has 5 nitrogen and oxygen atoms in total. The van der Waals surface area contributed by atoms with E-state index in [0.717, 1.165) is 57.2 Å². The van der Waals surface area contributed by atoms with E-state index in [0.29, 0.717) is 6.54 Å². The van der Waals surface area contributed by atoms with Gasteiger partial charge in [-0.05, 0) is 38.4 Å². The molecular formula is C19H31FN4O. The standard InChI is InChI=1S/C19H31FN4O/c1-4-21-18(22-11-12-24(2)13-14-25-3)23-15-19(9-10-19)16-7-5-6-8-17(16)20/h5-8H,4,9-15H2,1-3H3,(H2,21,22,23). The van der Waals surface area contributed by atoms with Crippen LogP contribution in [0.2, 0.25) is 0 Å². The number of halogens is 1. The molecule has 0 radical (unpaired) electrons. The van der Waals surface area contributed by atoms with Gasteiger partial charge in [0.1, 0.15) is 5.82 Å². The normalized spacial score (nSPS) is 16.1. The fourth-order valence-corrected chi connectivity index (χ4v) is 2.85. The molecule has 2 N–H and O–H groups in total. The van der Waals surface area contributed by atoms with Gasteiger partial charge in [-0.15, -0.1) is 0 Å². The van der Waals surface area contributed by atoms with Crippen molar-refractivity contribution in [3.05, 3.63) is 35.6 Å². The van der Waals surface area contributed by atoms with Crippen molar-refractivity contribution in [3.8, 4) is 0 Å². The van der Waals surface area contributed by atoms with Crippen LogP contribution in [0.5, 0.6) is 0 Å². The molecule has 1 aromatic rings. The average Bonchev–Trinajstić information content (AvgIpc) is 3.39. The summed E-state index contributed by atoms with van der Waals surface area (Å²) >= 11 is 0. The molecule has 6 heteroatoms. The Morgan fingerprint density at radius 3 is 2.68 bits per heavy atom. The molecule has 0 heterocycles. The van der Waals surface area contributed by atoms with Gasteiger partial charge in [-0.1, -0.05) is 18.2 Å². The number of ether oxygens (including phenoxy) is 1. The van der Waals surface area contributed by atoms with Crippen molar-refractivity contribution in [2.45, 2.75) is 25.2 Å². The van der Waals surface area contributed by atoms with Crippen molar-refractivity contribution < 1.29 is 9.13 Å². The first kappa shape index (κ1) is 19.7. The highest BCUT2D eigenvalue weighted by Crippen LogP contribution is 2.49. The molecule has 1 fully saturated rings. The maximum absolute atomic E-state index is 14.1. The van der Waals surface area contributed by atoms with Gasteiger partial charge in [0, 0.05) is 38.7 Å². The lowest BCUT2D eigenvalue weighted by Gasteiger charge is -2.19. The fraction of sp³-hybridized carbons (Fsp3) is 0.632. The lowest BCUT2D eigenvalue weighted by Crippen LogP contribution is -2.41. The van der Waals surface area contributed by atoms with Gasteiger partial charge in [0.25, 0.3) is 0 Å². The van der Waals surface area contributed by atoms with Crippen LogP contribution in [0.4, 0.5) is 4.39 Å². The molecule has 25 heavy (non-hydrogen) atoms. The van der Waals surface area contributed by atoms with Gasteiger partial charge in [-0.3, -0.25) is 4.99 Å². The number of aliphatic imine (C=N–C) groups is 1. The molecule has 1 aliphatic carbocycles. The van der Waals surface area contributed by atoms with E-state index in [1.807, 2.05) is 19.1 Å². The van der Waals surface area contributed by atoms with E-state index in [9.17, 15) is 4.39 Å². The van der Waals surface area contributed by atoms with Gasteiger partial charge in [-0.2, -0.15) is 0 Å². The molecule has 2 rings (SSSR count). The number of hydrogen-bond acceptors (Lipinski definition) is 3. The molecular weight excluding hydrogens is 319 g/mol. The Bertz CT molecular complexity index is 560. The zero-order valence-electron chi connectivity index (χ0n) is 15.6. The van der Waals surface area contributed by atoms with Gasteiger partial charge in [-0.25, -0.2) is 4.39 Å². The Hall–Kier alpha value is -1.66. The Morgan fingerprint density at radius 1 is 1.28 bits per heavy atom. The van der Waals surface area contributed by atoms with E-state index in [1.54, 1.807) is 19.2 Å². The molecule has 0 aromatic heterocycles. The number of nitrogens with one attached hydrogen (secondary N) is 2. The van der Waals surface area contributed by atoms with Gasteiger partial charge in [0.05, 0.1) is 13.2 Å². The molecule has 0 unspecified atom stereocenters. The van der Waals surface area contributed by atoms with E-state index < -0.39 is 0 Å². The smallest absolute Gasteiger partial charge is 0.191 e. The van der Waals surface area contributed by atoms with Crippen LogP contribution >= 0.6 is 0 Å². The summed E-state index contributed by atoms with van der Waals surface area (Å²) in [5.74, 6) is 0.679. The largest absolute Gasteiger partial charge is 0.383 e. The van der Waals surface area contributed by atoms with Crippen LogP contribution < -0.4 is 10.6 Å². The highest BCUT2D eigenvalue weighted by Gasteiger charge is 2.45. The minimum atomic E-state index is -0.122. The number of hydrogen-bond donors (Lipinski definition) is 2. The second kappa shape index (κ2) is 9.73. The Kier molecular flexibility index (Phi) is 7.65. The van der Waals surface area contributed by atoms with Crippen molar-refractivity contribution in [1.29, 1.82) is 0 Å². The summed E-state index contributed by atoms with van der Waals surface area (Å²) in [4.78, 5) is 6.92. The molecule has 1 aromatic carbocycles. The number of guanidine groups is 1. The molecule has 0 aliphatic heterocycles. The highest BCUT2D eigenvalue weighted by atomic mass is 19.1. The summed E-state index contributed by atoms with van der Waals surface area (Å²) in [6.45, 7) is 6.82. The summed E-state index contributed by atoms with van der Waals surface area (Å²) in [7, 11) is 3.79. The van der Waals surface area contributed by atoms with Crippen LogP contribution in [0.15, 0.2) is 29.3 Å². The second-order valence-electron chi connectivity index (χ2n) is 6.68. The number of methoxy groups -OCH3 is 1. The second-order valence-corrected chi connectivity index (χ2v) is 6.68. The van der Waals surface area contributed by atoms with Crippen LogP contribution in [0.3, 0.4) is 0 Å². The maximum atomic E-state index is 14.1. The van der Waals surface area contributed by atoms with Crippen LogP contribution in [-0.2, 0) is 10.2 Å². The first-order valence-electron chi connectivity index (χ1n) is 9.06.